The van der Waals surface area contributed by atoms with Crippen molar-refractivity contribution in [3.8, 4) is 5.75 Å². The Morgan fingerprint density at radius 3 is 2.33 bits per heavy atom. The van der Waals surface area contributed by atoms with Crippen molar-refractivity contribution in [1.82, 2.24) is 0 Å². The topological polar surface area (TPSA) is 61.8 Å². The van der Waals surface area contributed by atoms with Gasteiger partial charge in [-0.3, -0.25) is 0 Å². The predicted octanol–water partition coefficient (Wildman–Crippen LogP) is 3.54. The van der Waals surface area contributed by atoms with Gasteiger partial charge in [0.1, 0.15) is 0 Å². The van der Waals surface area contributed by atoms with Crippen LogP contribution in [0.15, 0.2) is 54.6 Å². The second kappa shape index (κ2) is 9.36. The molecule has 7 heteroatoms. The Labute approximate surface area is 151 Å². The molecule has 0 amide bonds. The molecule has 0 aliphatic carbocycles. The summed E-state index contributed by atoms with van der Waals surface area (Å²) in [6.45, 7) is 3.54. The van der Waals surface area contributed by atoms with Crippen LogP contribution in [0.5, 0.6) is 5.75 Å². The van der Waals surface area contributed by atoms with E-state index in [-0.39, 0.29) is 0 Å². The third kappa shape index (κ3) is 6.39. The zero-order chi connectivity index (χ0) is 17.4. The van der Waals surface area contributed by atoms with Crippen molar-refractivity contribution < 1.29 is 20.4 Å². The molecule has 0 saturated carbocycles. The molecule has 2 aromatic rings. The summed E-state index contributed by atoms with van der Waals surface area (Å²) in [6, 6.07) is 16.9. The van der Waals surface area contributed by atoms with Crippen LogP contribution in [0.3, 0.4) is 0 Å². The second-order valence-electron chi connectivity index (χ2n) is 4.81. The van der Waals surface area contributed by atoms with Crippen molar-refractivity contribution in [2.45, 2.75) is 6.92 Å². The van der Waals surface area contributed by atoms with Crippen molar-refractivity contribution >= 4 is 30.4 Å². The van der Waals surface area contributed by atoms with Crippen LogP contribution in [-0.2, 0) is 17.4 Å². The van der Waals surface area contributed by atoms with Gasteiger partial charge < -0.3 is 0 Å². The van der Waals surface area contributed by atoms with E-state index in [4.69, 9.17) is 12.0 Å². The van der Waals surface area contributed by atoms with Gasteiger partial charge in [-0.1, -0.05) is 0 Å². The Balaban J connectivity index is 2.23. The van der Waals surface area contributed by atoms with E-state index in [2.05, 4.69) is 0 Å². The van der Waals surface area contributed by atoms with Gasteiger partial charge in [0.05, 0.1) is 0 Å². The summed E-state index contributed by atoms with van der Waals surface area (Å²) in [6.07, 6.45) is 1.09. The van der Waals surface area contributed by atoms with Crippen molar-refractivity contribution in [3.05, 3.63) is 61.7 Å². The summed E-state index contributed by atoms with van der Waals surface area (Å²) in [5.74, 6) is 0.683. The molecule has 0 atom stereocenters. The summed E-state index contributed by atoms with van der Waals surface area (Å²) in [4.78, 5) is 0. The quantitative estimate of drug-likeness (QED) is 0.420. The Morgan fingerprint density at radius 1 is 0.958 bits per heavy atom. The standard InChI is InChI=1S/C17H21IO5S/c1-3-21-12-13-22-17-11-7-10-16(14-17)18(23-24(2,19)20)15-8-5-4-6-9-15/h4-11,14H,3,12-13H2,1-2H3. The van der Waals surface area contributed by atoms with E-state index >= 15 is 0 Å². The first-order valence-corrected chi connectivity index (χ1v) is 12.3. The molecule has 0 N–H and O–H groups in total. The van der Waals surface area contributed by atoms with Crippen LogP contribution in [0.25, 0.3) is 0 Å². The van der Waals surface area contributed by atoms with Gasteiger partial charge in [0.25, 0.3) is 0 Å². The van der Waals surface area contributed by atoms with Gasteiger partial charge in [0, 0.05) is 0 Å². The monoisotopic (exact) mass is 464 g/mol. The SMILES string of the molecule is CCOCCOc1cccc(I(OS(C)(=O)=O)c2ccccc2)c1. The zero-order valence-electron chi connectivity index (χ0n) is 13.6. The van der Waals surface area contributed by atoms with Crippen LogP contribution in [0.1, 0.15) is 6.92 Å². The van der Waals surface area contributed by atoms with E-state index in [0.717, 1.165) is 13.4 Å². The third-order valence-corrected chi connectivity index (χ3v) is 9.85. The van der Waals surface area contributed by atoms with Crippen molar-refractivity contribution in [3.63, 3.8) is 0 Å². The average molecular weight is 464 g/mol. The molecule has 0 fully saturated rings. The molecule has 2 aromatic carbocycles. The first-order valence-electron chi connectivity index (χ1n) is 7.45. The summed E-state index contributed by atoms with van der Waals surface area (Å²) >= 11 is -2.56. The van der Waals surface area contributed by atoms with Crippen LogP contribution in [0.2, 0.25) is 0 Å². The van der Waals surface area contributed by atoms with Crippen molar-refractivity contribution in [2.75, 3.05) is 26.1 Å². The molecule has 0 bridgehead atoms. The summed E-state index contributed by atoms with van der Waals surface area (Å²) in [5, 5.41) is 0. The predicted molar refractivity (Wildman–Crippen MR) is 102 cm³/mol. The van der Waals surface area contributed by atoms with Gasteiger partial charge in [-0.2, -0.15) is 0 Å². The Morgan fingerprint density at radius 2 is 1.67 bits per heavy atom. The maximum atomic E-state index is 11.7. The van der Waals surface area contributed by atoms with Gasteiger partial charge in [-0.05, 0) is 0 Å². The van der Waals surface area contributed by atoms with Crippen LogP contribution < -0.4 is 4.74 Å². The third-order valence-electron chi connectivity index (χ3n) is 2.80. The van der Waals surface area contributed by atoms with Gasteiger partial charge >= 0.3 is 151 Å². The zero-order valence-corrected chi connectivity index (χ0v) is 16.6. The molecule has 2 rings (SSSR count). The van der Waals surface area contributed by atoms with Crippen molar-refractivity contribution in [2.24, 2.45) is 0 Å². The molecule has 0 aromatic heterocycles. The summed E-state index contributed by atoms with van der Waals surface area (Å²) in [7, 11) is -3.55. The van der Waals surface area contributed by atoms with Gasteiger partial charge in [0.15, 0.2) is 0 Å². The van der Waals surface area contributed by atoms with E-state index in [9.17, 15) is 8.42 Å². The van der Waals surface area contributed by atoms with E-state index in [0.29, 0.717) is 25.6 Å². The molecule has 0 saturated heterocycles. The Bertz CT molecular complexity index is 734. The number of ether oxygens (including phenoxy) is 2. The fourth-order valence-electron chi connectivity index (χ4n) is 1.87. The van der Waals surface area contributed by atoms with Crippen molar-refractivity contribution in [1.29, 1.82) is 0 Å². The van der Waals surface area contributed by atoms with Gasteiger partial charge in [-0.15, -0.1) is 0 Å². The first kappa shape index (κ1) is 19.2. The van der Waals surface area contributed by atoms with E-state index < -0.39 is 30.4 Å². The number of hydrogen-bond donors (Lipinski definition) is 0. The first-order chi connectivity index (χ1) is 11.5. The summed E-state index contributed by atoms with van der Waals surface area (Å²) < 4.78 is 41.5. The average Bonchev–Trinajstić information content (AvgIpc) is 2.57. The molecule has 0 heterocycles. The molecule has 0 aliphatic rings. The molecule has 0 radical (unpaired) electrons. The number of hydrogen-bond acceptors (Lipinski definition) is 5. The molecule has 24 heavy (non-hydrogen) atoms. The minimum absolute atomic E-state index is 0.448. The fourth-order valence-corrected chi connectivity index (χ4v) is 8.36. The van der Waals surface area contributed by atoms with Gasteiger partial charge in [-0.25, -0.2) is 0 Å². The number of rotatable bonds is 9. The molecular formula is C17H21IO5S. The van der Waals surface area contributed by atoms with Crippen LogP contribution in [-0.4, -0.2) is 34.5 Å². The molecule has 0 aliphatic heterocycles. The molecule has 132 valence electrons. The maximum absolute atomic E-state index is 11.7. The Kier molecular flexibility index (Phi) is 7.47. The molecule has 5 nitrogen and oxygen atoms in total. The van der Waals surface area contributed by atoms with Crippen LogP contribution in [0, 0.1) is 7.14 Å². The van der Waals surface area contributed by atoms with Crippen LogP contribution in [0.4, 0.5) is 0 Å². The normalized spacial score (nSPS) is 12.0. The number of halogens is 1. The second-order valence-corrected chi connectivity index (χ2v) is 11.3. The van der Waals surface area contributed by atoms with E-state index in [1.54, 1.807) is 0 Å². The fraction of sp³-hybridized carbons (Fsp3) is 0.294. The van der Waals surface area contributed by atoms with E-state index in [1.165, 1.54) is 0 Å². The van der Waals surface area contributed by atoms with Gasteiger partial charge in [0.2, 0.25) is 0 Å². The van der Waals surface area contributed by atoms with Crippen LogP contribution >= 0.6 is 20.2 Å². The molecular weight excluding hydrogens is 443 g/mol. The Hall–Kier alpha value is -1.16. The van der Waals surface area contributed by atoms with E-state index in [1.807, 2.05) is 61.5 Å². The summed E-state index contributed by atoms with van der Waals surface area (Å²) in [5.41, 5.74) is 0. The molecule has 0 unspecified atom stereocenters. The minimum atomic E-state index is -3.55. The number of benzene rings is 2. The molecule has 0 spiro atoms.